The van der Waals surface area contributed by atoms with Gasteiger partial charge in [0.1, 0.15) is 5.38 Å². The number of hydrogen-bond acceptors (Lipinski definition) is 3. The van der Waals surface area contributed by atoms with Gasteiger partial charge in [0.15, 0.2) is 5.82 Å². The summed E-state index contributed by atoms with van der Waals surface area (Å²) in [5, 5.41) is 3.60. The summed E-state index contributed by atoms with van der Waals surface area (Å²) in [6.07, 6.45) is 1.89. The molecule has 2 rings (SSSR count). The second-order valence-corrected chi connectivity index (χ2v) is 5.19. The fourth-order valence-electron chi connectivity index (χ4n) is 1.65. The van der Waals surface area contributed by atoms with Crippen LogP contribution in [0.5, 0.6) is 0 Å². The second kappa shape index (κ2) is 6.01. The van der Waals surface area contributed by atoms with Gasteiger partial charge in [-0.2, -0.15) is 4.98 Å². The SMILES string of the molecule is CC(C)CCc1noc(C(Cl)c2ccccc2)n1. The predicted octanol–water partition coefficient (Wildman–Crippen LogP) is 3.99. The van der Waals surface area contributed by atoms with Gasteiger partial charge in [0.2, 0.25) is 5.89 Å². The van der Waals surface area contributed by atoms with Gasteiger partial charge in [0, 0.05) is 6.42 Å². The minimum Gasteiger partial charge on any atom is -0.337 e. The molecule has 0 aliphatic heterocycles. The maximum atomic E-state index is 6.31. The van der Waals surface area contributed by atoms with E-state index in [9.17, 15) is 0 Å². The van der Waals surface area contributed by atoms with E-state index in [4.69, 9.17) is 16.1 Å². The Labute approximate surface area is 112 Å². The monoisotopic (exact) mass is 264 g/mol. The van der Waals surface area contributed by atoms with Crippen molar-refractivity contribution >= 4 is 11.6 Å². The molecular formula is C14H17ClN2O. The zero-order valence-corrected chi connectivity index (χ0v) is 11.4. The normalized spacial score (nSPS) is 12.9. The smallest absolute Gasteiger partial charge is 0.249 e. The standard InChI is InChI=1S/C14H17ClN2O/c1-10(2)8-9-12-16-14(18-17-12)13(15)11-6-4-3-5-7-11/h3-7,10,13H,8-9H2,1-2H3. The first-order chi connectivity index (χ1) is 8.66. The molecule has 1 atom stereocenters. The van der Waals surface area contributed by atoms with E-state index >= 15 is 0 Å². The number of alkyl halides is 1. The maximum absolute atomic E-state index is 6.31. The van der Waals surface area contributed by atoms with Gasteiger partial charge in [0.25, 0.3) is 0 Å². The summed E-state index contributed by atoms with van der Waals surface area (Å²) in [7, 11) is 0. The van der Waals surface area contributed by atoms with Crippen molar-refractivity contribution in [3.63, 3.8) is 0 Å². The molecule has 0 aliphatic rings. The molecule has 3 nitrogen and oxygen atoms in total. The Hall–Kier alpha value is -1.35. The van der Waals surface area contributed by atoms with Gasteiger partial charge >= 0.3 is 0 Å². The zero-order valence-electron chi connectivity index (χ0n) is 10.6. The summed E-state index contributed by atoms with van der Waals surface area (Å²) in [6, 6.07) is 9.75. The Morgan fingerprint density at radius 1 is 1.22 bits per heavy atom. The summed E-state index contributed by atoms with van der Waals surface area (Å²) >= 11 is 6.31. The number of rotatable bonds is 5. The largest absolute Gasteiger partial charge is 0.337 e. The van der Waals surface area contributed by atoms with Crippen LogP contribution in [0.3, 0.4) is 0 Å². The molecule has 0 fully saturated rings. The van der Waals surface area contributed by atoms with Crippen LogP contribution in [0.15, 0.2) is 34.9 Å². The van der Waals surface area contributed by atoms with E-state index in [1.807, 2.05) is 30.3 Å². The summed E-state index contributed by atoms with van der Waals surface area (Å²) in [5.74, 6) is 1.84. The van der Waals surface area contributed by atoms with Crippen LogP contribution in [0.25, 0.3) is 0 Å². The third kappa shape index (κ3) is 3.33. The van der Waals surface area contributed by atoms with Crippen LogP contribution in [-0.4, -0.2) is 10.1 Å². The molecule has 0 radical (unpaired) electrons. The molecule has 0 saturated heterocycles. The van der Waals surface area contributed by atoms with Crippen LogP contribution in [0.2, 0.25) is 0 Å². The van der Waals surface area contributed by atoms with Gasteiger partial charge in [-0.15, -0.1) is 11.6 Å². The van der Waals surface area contributed by atoms with Crippen molar-refractivity contribution in [3.05, 3.63) is 47.6 Å². The number of aryl methyl sites for hydroxylation is 1. The molecule has 1 heterocycles. The number of benzene rings is 1. The van der Waals surface area contributed by atoms with Gasteiger partial charge in [-0.3, -0.25) is 0 Å². The van der Waals surface area contributed by atoms with Gasteiger partial charge in [0.05, 0.1) is 0 Å². The summed E-state index contributed by atoms with van der Waals surface area (Å²) < 4.78 is 5.22. The highest BCUT2D eigenvalue weighted by Crippen LogP contribution is 2.27. The van der Waals surface area contributed by atoms with E-state index in [2.05, 4.69) is 24.0 Å². The van der Waals surface area contributed by atoms with Crippen LogP contribution < -0.4 is 0 Å². The van der Waals surface area contributed by atoms with Crippen LogP contribution in [-0.2, 0) is 6.42 Å². The molecule has 0 aliphatic carbocycles. The Morgan fingerprint density at radius 3 is 2.61 bits per heavy atom. The highest BCUT2D eigenvalue weighted by Gasteiger charge is 2.18. The first-order valence-electron chi connectivity index (χ1n) is 6.18. The van der Waals surface area contributed by atoms with Crippen molar-refractivity contribution in [1.29, 1.82) is 0 Å². The van der Waals surface area contributed by atoms with Crippen LogP contribution in [0.1, 0.15) is 42.9 Å². The van der Waals surface area contributed by atoms with Crippen molar-refractivity contribution in [2.75, 3.05) is 0 Å². The second-order valence-electron chi connectivity index (χ2n) is 4.75. The molecular weight excluding hydrogens is 248 g/mol. The molecule has 96 valence electrons. The molecule has 2 aromatic rings. The molecule has 1 unspecified atom stereocenters. The Kier molecular flexibility index (Phi) is 4.37. The van der Waals surface area contributed by atoms with E-state index in [0.29, 0.717) is 11.8 Å². The summed E-state index contributed by atoms with van der Waals surface area (Å²) in [4.78, 5) is 4.35. The predicted molar refractivity (Wildman–Crippen MR) is 71.6 cm³/mol. The minimum absolute atomic E-state index is 0.369. The van der Waals surface area contributed by atoms with Gasteiger partial charge in [-0.05, 0) is 17.9 Å². The minimum atomic E-state index is -0.369. The van der Waals surface area contributed by atoms with Crippen molar-refractivity contribution < 1.29 is 4.52 Å². The van der Waals surface area contributed by atoms with Crippen molar-refractivity contribution in [2.24, 2.45) is 5.92 Å². The van der Waals surface area contributed by atoms with E-state index in [1.165, 1.54) is 0 Å². The lowest BCUT2D eigenvalue weighted by Gasteiger charge is -2.03. The third-order valence-corrected chi connectivity index (χ3v) is 3.18. The first-order valence-corrected chi connectivity index (χ1v) is 6.62. The van der Waals surface area contributed by atoms with Crippen molar-refractivity contribution in [3.8, 4) is 0 Å². The van der Waals surface area contributed by atoms with Crippen molar-refractivity contribution in [2.45, 2.75) is 32.1 Å². The van der Waals surface area contributed by atoms with Crippen LogP contribution in [0.4, 0.5) is 0 Å². The lowest BCUT2D eigenvalue weighted by atomic mass is 10.1. The van der Waals surface area contributed by atoms with E-state index in [-0.39, 0.29) is 5.38 Å². The highest BCUT2D eigenvalue weighted by molar-refractivity contribution is 6.22. The molecule has 0 saturated carbocycles. The average Bonchev–Trinajstić information content (AvgIpc) is 2.85. The van der Waals surface area contributed by atoms with Gasteiger partial charge in [-0.25, -0.2) is 0 Å². The molecule has 4 heteroatoms. The molecule has 1 aromatic heterocycles. The highest BCUT2D eigenvalue weighted by atomic mass is 35.5. The quantitative estimate of drug-likeness (QED) is 0.767. The van der Waals surface area contributed by atoms with Crippen LogP contribution >= 0.6 is 11.6 Å². The molecule has 0 amide bonds. The Morgan fingerprint density at radius 2 is 1.94 bits per heavy atom. The topological polar surface area (TPSA) is 38.9 Å². The summed E-state index contributed by atoms with van der Waals surface area (Å²) in [5.41, 5.74) is 0.971. The molecule has 0 bridgehead atoms. The molecule has 18 heavy (non-hydrogen) atoms. The van der Waals surface area contributed by atoms with Crippen molar-refractivity contribution in [1.82, 2.24) is 10.1 Å². The molecule has 0 N–H and O–H groups in total. The Balaban J connectivity index is 2.06. The number of hydrogen-bond donors (Lipinski definition) is 0. The van der Waals surface area contributed by atoms with E-state index in [1.54, 1.807) is 0 Å². The summed E-state index contributed by atoms with van der Waals surface area (Å²) in [6.45, 7) is 4.35. The van der Waals surface area contributed by atoms with E-state index < -0.39 is 0 Å². The van der Waals surface area contributed by atoms with Gasteiger partial charge < -0.3 is 4.52 Å². The number of aromatic nitrogens is 2. The maximum Gasteiger partial charge on any atom is 0.249 e. The zero-order chi connectivity index (χ0) is 13.0. The fraction of sp³-hybridized carbons (Fsp3) is 0.429. The van der Waals surface area contributed by atoms with Gasteiger partial charge in [-0.1, -0.05) is 49.3 Å². The van der Waals surface area contributed by atoms with E-state index in [0.717, 1.165) is 24.2 Å². The first kappa shape index (κ1) is 13.1. The van der Waals surface area contributed by atoms with Crippen LogP contribution in [0, 0.1) is 5.92 Å². The lowest BCUT2D eigenvalue weighted by Crippen LogP contribution is -1.96. The third-order valence-electron chi connectivity index (χ3n) is 2.74. The number of nitrogens with zero attached hydrogens (tertiary/aromatic N) is 2. The molecule has 0 spiro atoms. The average molecular weight is 265 g/mol. The number of halogens is 1. The molecule has 1 aromatic carbocycles. The fourth-order valence-corrected chi connectivity index (χ4v) is 1.89. The lowest BCUT2D eigenvalue weighted by molar-refractivity contribution is 0.375. The Bertz CT molecular complexity index is 482.